The minimum atomic E-state index is -3.59. The number of nitrogens with zero attached hydrogens (tertiary/aromatic N) is 3. The van der Waals surface area contributed by atoms with Crippen molar-refractivity contribution in [2.45, 2.75) is 38.0 Å². The van der Waals surface area contributed by atoms with Crippen molar-refractivity contribution in [3.05, 3.63) is 47.6 Å². The Labute approximate surface area is 193 Å². The Kier molecular flexibility index (Phi) is 7.86. The van der Waals surface area contributed by atoms with Gasteiger partial charge in [0, 0.05) is 37.9 Å². The van der Waals surface area contributed by atoms with Gasteiger partial charge in [-0.2, -0.15) is 4.31 Å². The molecule has 172 valence electrons. The molecule has 3 rings (SSSR count). The van der Waals surface area contributed by atoms with E-state index in [2.05, 4.69) is 10.3 Å². The first-order chi connectivity index (χ1) is 15.3. The normalized spacial score (nSPS) is 16.6. The zero-order valence-electron chi connectivity index (χ0n) is 18.1. The lowest BCUT2D eigenvalue weighted by Crippen LogP contribution is -2.32. The van der Waals surface area contributed by atoms with E-state index in [0.717, 1.165) is 12.8 Å². The molecular weight excluding hydrogens is 452 g/mol. The van der Waals surface area contributed by atoms with Crippen molar-refractivity contribution >= 4 is 44.9 Å². The molecule has 1 aliphatic rings. The van der Waals surface area contributed by atoms with Crippen molar-refractivity contribution in [1.29, 1.82) is 0 Å². The fourth-order valence-electron chi connectivity index (χ4n) is 3.61. The van der Waals surface area contributed by atoms with Crippen LogP contribution in [-0.4, -0.2) is 49.2 Å². The lowest BCUT2D eigenvalue weighted by Gasteiger charge is -2.22. The molecule has 1 unspecified atom stereocenters. The van der Waals surface area contributed by atoms with E-state index in [1.54, 1.807) is 24.3 Å². The summed E-state index contributed by atoms with van der Waals surface area (Å²) in [6.45, 7) is 5.01. The molecule has 1 saturated heterocycles. The number of pyridine rings is 1. The summed E-state index contributed by atoms with van der Waals surface area (Å²) in [5.74, 6) is -0.662. The highest BCUT2D eigenvalue weighted by Crippen LogP contribution is 2.28. The number of hydrogen-bond acceptors (Lipinski definition) is 5. The average Bonchev–Trinajstić information content (AvgIpc) is 3.17. The number of carbonyl (C=O) groups excluding carboxylic acids is 2. The molecule has 1 fully saturated rings. The van der Waals surface area contributed by atoms with Gasteiger partial charge < -0.3 is 10.2 Å². The van der Waals surface area contributed by atoms with E-state index in [1.165, 1.54) is 27.5 Å². The first-order valence-electron chi connectivity index (χ1n) is 10.6. The Hall–Kier alpha value is -2.49. The topological polar surface area (TPSA) is 99.7 Å². The molecule has 0 bridgehead atoms. The summed E-state index contributed by atoms with van der Waals surface area (Å²) in [5, 5.41) is 3.16. The Morgan fingerprint density at radius 2 is 1.81 bits per heavy atom. The number of halogens is 1. The molecule has 8 nitrogen and oxygen atoms in total. The molecule has 0 aliphatic carbocycles. The third-order valence-corrected chi connectivity index (χ3v) is 7.34. The van der Waals surface area contributed by atoms with Gasteiger partial charge >= 0.3 is 0 Å². The monoisotopic (exact) mass is 478 g/mol. The molecule has 2 heterocycles. The van der Waals surface area contributed by atoms with E-state index >= 15 is 0 Å². The van der Waals surface area contributed by atoms with Crippen LogP contribution >= 0.6 is 11.6 Å². The number of benzene rings is 1. The van der Waals surface area contributed by atoms with Crippen molar-refractivity contribution in [3.63, 3.8) is 0 Å². The van der Waals surface area contributed by atoms with Crippen molar-refractivity contribution < 1.29 is 18.0 Å². The van der Waals surface area contributed by atoms with E-state index in [0.29, 0.717) is 29.6 Å². The number of aromatic nitrogens is 1. The van der Waals surface area contributed by atoms with Crippen LogP contribution in [0.1, 0.15) is 33.1 Å². The Morgan fingerprint density at radius 1 is 1.16 bits per heavy atom. The maximum Gasteiger partial charge on any atom is 0.243 e. The molecule has 32 heavy (non-hydrogen) atoms. The zero-order valence-corrected chi connectivity index (χ0v) is 19.7. The van der Waals surface area contributed by atoms with Gasteiger partial charge in [-0.15, -0.1) is 0 Å². The van der Waals surface area contributed by atoms with Crippen LogP contribution in [0.25, 0.3) is 0 Å². The van der Waals surface area contributed by atoms with Gasteiger partial charge in [-0.25, -0.2) is 13.4 Å². The average molecular weight is 479 g/mol. The molecule has 1 aromatic heterocycles. The molecule has 0 spiro atoms. The number of sulfonamides is 1. The largest absolute Gasteiger partial charge is 0.312 e. The van der Waals surface area contributed by atoms with Gasteiger partial charge in [-0.05, 0) is 49.2 Å². The summed E-state index contributed by atoms with van der Waals surface area (Å²) in [5.41, 5.74) is 0.561. The van der Waals surface area contributed by atoms with E-state index in [1.807, 2.05) is 13.8 Å². The van der Waals surface area contributed by atoms with Gasteiger partial charge in [0.1, 0.15) is 5.82 Å². The minimum absolute atomic E-state index is 0.0697. The standard InChI is InChI=1S/C22H27ClN4O4S/c1-3-11-26(12-4-2)32(30,31)19-8-6-18(7-9-19)27-15-16(13-21(27)28)22(29)25-20-10-5-17(23)14-24-20/h5-10,14,16H,3-4,11-13,15H2,1-2H3,(H,24,25,29). The van der Waals surface area contributed by atoms with Crippen molar-refractivity contribution in [1.82, 2.24) is 9.29 Å². The third-order valence-electron chi connectivity index (χ3n) is 5.21. The number of rotatable bonds is 9. The quantitative estimate of drug-likeness (QED) is 0.594. The van der Waals surface area contributed by atoms with Gasteiger partial charge in [0.05, 0.1) is 15.8 Å². The van der Waals surface area contributed by atoms with E-state index in [-0.39, 0.29) is 29.7 Å². The zero-order chi connectivity index (χ0) is 23.3. The molecule has 1 N–H and O–H groups in total. The second-order valence-electron chi connectivity index (χ2n) is 7.65. The number of anilines is 2. The SMILES string of the molecule is CCCN(CCC)S(=O)(=O)c1ccc(N2CC(C(=O)Nc3ccc(Cl)cn3)CC2=O)cc1. The second kappa shape index (κ2) is 10.4. The van der Waals surface area contributed by atoms with Crippen molar-refractivity contribution in [3.8, 4) is 0 Å². The van der Waals surface area contributed by atoms with Crippen LogP contribution in [-0.2, 0) is 19.6 Å². The fraction of sp³-hybridized carbons (Fsp3) is 0.409. The minimum Gasteiger partial charge on any atom is -0.312 e. The number of amides is 2. The van der Waals surface area contributed by atoms with Gasteiger partial charge in [-0.3, -0.25) is 9.59 Å². The summed E-state index contributed by atoms with van der Waals surface area (Å²) in [6.07, 6.45) is 2.96. The predicted octanol–water partition coefficient (Wildman–Crippen LogP) is 3.54. The summed E-state index contributed by atoms with van der Waals surface area (Å²) in [7, 11) is -3.59. The maximum absolute atomic E-state index is 12.9. The lowest BCUT2D eigenvalue weighted by molar-refractivity contribution is -0.122. The highest BCUT2D eigenvalue weighted by Gasteiger charge is 2.35. The highest BCUT2D eigenvalue weighted by atomic mass is 35.5. The molecule has 0 radical (unpaired) electrons. The summed E-state index contributed by atoms with van der Waals surface area (Å²) >= 11 is 5.80. The third kappa shape index (κ3) is 5.46. The first kappa shape index (κ1) is 24.2. The van der Waals surface area contributed by atoms with E-state index < -0.39 is 15.9 Å². The van der Waals surface area contributed by atoms with Crippen LogP contribution in [0.3, 0.4) is 0 Å². The maximum atomic E-state index is 12.9. The van der Waals surface area contributed by atoms with Crippen molar-refractivity contribution in [2.24, 2.45) is 5.92 Å². The Balaban J connectivity index is 1.70. The number of hydrogen-bond donors (Lipinski definition) is 1. The number of carbonyl (C=O) groups is 2. The summed E-state index contributed by atoms with van der Waals surface area (Å²) in [6, 6.07) is 9.47. The molecule has 2 aromatic rings. The molecule has 10 heteroatoms. The summed E-state index contributed by atoms with van der Waals surface area (Å²) < 4.78 is 27.3. The van der Waals surface area contributed by atoms with Crippen LogP contribution in [0, 0.1) is 5.92 Å². The number of nitrogens with one attached hydrogen (secondary N) is 1. The molecule has 1 aromatic carbocycles. The lowest BCUT2D eigenvalue weighted by atomic mass is 10.1. The fourth-order valence-corrected chi connectivity index (χ4v) is 5.34. The van der Waals surface area contributed by atoms with Gasteiger partial charge in [-0.1, -0.05) is 25.4 Å². The van der Waals surface area contributed by atoms with Crippen molar-refractivity contribution in [2.75, 3.05) is 29.9 Å². The van der Waals surface area contributed by atoms with Gasteiger partial charge in [0.15, 0.2) is 0 Å². The Morgan fingerprint density at radius 3 is 2.38 bits per heavy atom. The summed E-state index contributed by atoms with van der Waals surface area (Å²) in [4.78, 5) is 30.8. The molecule has 2 amide bonds. The predicted molar refractivity (Wildman–Crippen MR) is 124 cm³/mol. The molecule has 0 saturated carbocycles. The molecule has 1 atom stereocenters. The van der Waals surface area contributed by atoms with Crippen LogP contribution in [0.2, 0.25) is 5.02 Å². The van der Waals surface area contributed by atoms with Crippen LogP contribution < -0.4 is 10.2 Å². The van der Waals surface area contributed by atoms with E-state index in [9.17, 15) is 18.0 Å². The van der Waals surface area contributed by atoms with Crippen LogP contribution in [0.5, 0.6) is 0 Å². The van der Waals surface area contributed by atoms with Crippen LogP contribution in [0.4, 0.5) is 11.5 Å². The molecule has 1 aliphatic heterocycles. The smallest absolute Gasteiger partial charge is 0.243 e. The second-order valence-corrected chi connectivity index (χ2v) is 10.0. The van der Waals surface area contributed by atoms with E-state index in [4.69, 9.17) is 11.6 Å². The van der Waals surface area contributed by atoms with Crippen LogP contribution in [0.15, 0.2) is 47.5 Å². The first-order valence-corrected chi connectivity index (χ1v) is 12.4. The van der Waals surface area contributed by atoms with Gasteiger partial charge in [0.2, 0.25) is 21.8 Å². The highest BCUT2D eigenvalue weighted by molar-refractivity contribution is 7.89. The molecular formula is C22H27ClN4O4S. The Bertz CT molecular complexity index is 1050. The van der Waals surface area contributed by atoms with Gasteiger partial charge in [0.25, 0.3) is 0 Å².